The number of hydrogen-bond acceptors (Lipinski definition) is 8. The van der Waals surface area contributed by atoms with Crippen molar-refractivity contribution >= 4 is 34.8 Å². The lowest BCUT2D eigenvalue weighted by molar-refractivity contribution is 0.202. The molecule has 1 aliphatic rings. The number of nitrogens with zero attached hydrogens (tertiary/aromatic N) is 3. The van der Waals surface area contributed by atoms with Crippen molar-refractivity contribution in [2.45, 2.75) is 0 Å². The number of anilines is 2. The van der Waals surface area contributed by atoms with Crippen LogP contribution < -0.4 is 16.2 Å². The molecule has 7 N–H and O–H groups in total. The predicted molar refractivity (Wildman–Crippen MR) is 85.0 cm³/mol. The Morgan fingerprint density at radius 1 is 1.23 bits per heavy atom. The van der Waals surface area contributed by atoms with E-state index in [0.717, 1.165) is 0 Å². The molecule has 1 aromatic carbocycles. The number of hydrazone groups is 1. The van der Waals surface area contributed by atoms with Gasteiger partial charge in [0.05, 0.1) is 43.0 Å². The molecule has 0 unspecified atom stereocenters. The Kier molecular flexibility index (Phi) is 4.92. The Labute approximate surface area is 127 Å². The summed E-state index contributed by atoms with van der Waals surface area (Å²) in [6.07, 6.45) is 1.42. The van der Waals surface area contributed by atoms with Crippen molar-refractivity contribution in [2.24, 2.45) is 10.1 Å². The van der Waals surface area contributed by atoms with Crippen LogP contribution >= 0.6 is 0 Å². The zero-order valence-corrected chi connectivity index (χ0v) is 11.9. The van der Waals surface area contributed by atoms with Gasteiger partial charge in [-0.15, -0.1) is 0 Å². The zero-order chi connectivity index (χ0) is 16.1. The molecule has 118 valence electrons. The molecule has 0 aliphatic carbocycles. The van der Waals surface area contributed by atoms with Gasteiger partial charge in [-0.05, 0) is 6.07 Å². The molecule has 0 saturated carbocycles. The number of β-amino-alcohol motifs (C(OH)–C–C–N with tert-alkyl or cyclic N) is 1. The molecule has 0 bridgehead atoms. The molecule has 1 aromatic rings. The van der Waals surface area contributed by atoms with E-state index in [0.29, 0.717) is 28.5 Å². The SMILES string of the molecule is N=C1C(=Nc2cc(OCCO)c(N)cc2N)C=NN1CCO. The van der Waals surface area contributed by atoms with Crippen molar-refractivity contribution in [2.75, 3.05) is 37.8 Å². The molecule has 0 spiro atoms. The van der Waals surface area contributed by atoms with E-state index >= 15 is 0 Å². The molecule has 9 nitrogen and oxygen atoms in total. The number of aliphatic imine (C=N–C) groups is 1. The lowest BCUT2D eigenvalue weighted by atomic mass is 10.2. The maximum absolute atomic E-state index is 8.89. The minimum atomic E-state index is -0.138. The first kappa shape index (κ1) is 15.7. The zero-order valence-electron chi connectivity index (χ0n) is 11.9. The number of nitrogen functional groups attached to an aromatic ring is 2. The number of nitrogens with one attached hydrogen (secondary N) is 1. The van der Waals surface area contributed by atoms with E-state index in [9.17, 15) is 0 Å². The van der Waals surface area contributed by atoms with Gasteiger partial charge in [-0.25, -0.2) is 10.0 Å². The summed E-state index contributed by atoms with van der Waals surface area (Å²) in [5.74, 6) is 0.430. The van der Waals surface area contributed by atoms with Crippen molar-refractivity contribution in [1.82, 2.24) is 5.01 Å². The van der Waals surface area contributed by atoms with Gasteiger partial charge in [0.25, 0.3) is 0 Å². The summed E-state index contributed by atoms with van der Waals surface area (Å²) >= 11 is 0. The highest BCUT2D eigenvalue weighted by atomic mass is 16.5. The molecule has 0 aromatic heterocycles. The molecule has 0 saturated heterocycles. The molecular weight excluding hydrogens is 288 g/mol. The van der Waals surface area contributed by atoms with E-state index in [1.165, 1.54) is 17.3 Å². The maximum atomic E-state index is 8.89. The van der Waals surface area contributed by atoms with Crippen LogP contribution in [-0.4, -0.2) is 59.3 Å². The van der Waals surface area contributed by atoms with Crippen molar-refractivity contribution in [3.05, 3.63) is 12.1 Å². The lowest BCUT2D eigenvalue weighted by Crippen LogP contribution is -2.28. The third kappa shape index (κ3) is 3.32. The Morgan fingerprint density at radius 3 is 2.68 bits per heavy atom. The van der Waals surface area contributed by atoms with Crippen LogP contribution in [0.1, 0.15) is 0 Å². The highest BCUT2D eigenvalue weighted by molar-refractivity contribution is 6.63. The van der Waals surface area contributed by atoms with Crippen LogP contribution in [0.2, 0.25) is 0 Å². The fraction of sp³-hybridized carbons (Fsp3) is 0.308. The minimum absolute atomic E-state index is 0.0723. The molecule has 1 aliphatic heterocycles. The Bertz CT molecular complexity index is 628. The van der Waals surface area contributed by atoms with Crippen molar-refractivity contribution in [3.63, 3.8) is 0 Å². The number of hydrogen-bond donors (Lipinski definition) is 5. The van der Waals surface area contributed by atoms with Crippen LogP contribution in [0.15, 0.2) is 22.2 Å². The average molecular weight is 306 g/mol. The minimum Gasteiger partial charge on any atom is -0.489 e. The summed E-state index contributed by atoms with van der Waals surface area (Å²) in [6, 6.07) is 3.05. The van der Waals surface area contributed by atoms with Gasteiger partial charge in [-0.3, -0.25) is 5.41 Å². The first-order valence-corrected chi connectivity index (χ1v) is 6.59. The monoisotopic (exact) mass is 306 g/mol. The second-order valence-corrected chi connectivity index (χ2v) is 4.46. The molecule has 0 amide bonds. The normalized spacial score (nSPS) is 15.8. The number of rotatable bonds is 6. The summed E-state index contributed by atoms with van der Waals surface area (Å²) in [5.41, 5.74) is 13.0. The molecule has 0 atom stereocenters. The lowest BCUT2D eigenvalue weighted by Gasteiger charge is -2.12. The van der Waals surface area contributed by atoms with Crippen LogP contribution in [0, 0.1) is 5.41 Å². The molecule has 0 radical (unpaired) electrons. The predicted octanol–water partition coefficient (Wildman–Crippen LogP) is -0.434. The van der Waals surface area contributed by atoms with Crippen LogP contribution in [0.4, 0.5) is 17.1 Å². The van der Waals surface area contributed by atoms with Gasteiger partial charge in [-0.1, -0.05) is 0 Å². The molecule has 2 rings (SSSR count). The molecule has 0 fully saturated rings. The average Bonchev–Trinajstić information content (AvgIpc) is 2.82. The van der Waals surface area contributed by atoms with E-state index in [4.69, 9.17) is 31.8 Å². The summed E-state index contributed by atoms with van der Waals surface area (Å²) in [7, 11) is 0. The van der Waals surface area contributed by atoms with Crippen molar-refractivity contribution < 1.29 is 14.9 Å². The quantitative estimate of drug-likeness (QED) is 0.449. The van der Waals surface area contributed by atoms with Gasteiger partial charge in [0.2, 0.25) is 0 Å². The van der Waals surface area contributed by atoms with Crippen LogP contribution in [0.25, 0.3) is 0 Å². The highest BCUT2D eigenvalue weighted by Crippen LogP contribution is 2.33. The summed E-state index contributed by atoms with van der Waals surface area (Å²) < 4.78 is 5.30. The van der Waals surface area contributed by atoms with Gasteiger partial charge in [0.1, 0.15) is 18.1 Å². The van der Waals surface area contributed by atoms with E-state index < -0.39 is 0 Å². The number of aliphatic hydroxyl groups excluding tert-OH is 2. The number of ether oxygens (including phenoxy) is 1. The molecule has 22 heavy (non-hydrogen) atoms. The first-order valence-electron chi connectivity index (χ1n) is 6.59. The second-order valence-electron chi connectivity index (χ2n) is 4.46. The van der Waals surface area contributed by atoms with Gasteiger partial charge in [0.15, 0.2) is 5.84 Å². The number of nitrogens with two attached hydrogens (primary N) is 2. The fourth-order valence-electron chi connectivity index (χ4n) is 1.83. The van der Waals surface area contributed by atoms with Crippen molar-refractivity contribution in [3.8, 4) is 5.75 Å². The third-order valence-electron chi connectivity index (χ3n) is 2.88. The van der Waals surface area contributed by atoms with Crippen LogP contribution in [-0.2, 0) is 0 Å². The van der Waals surface area contributed by atoms with Crippen LogP contribution in [0.5, 0.6) is 5.75 Å². The Morgan fingerprint density at radius 2 is 2.00 bits per heavy atom. The number of benzene rings is 1. The topological polar surface area (TPSA) is 154 Å². The number of amidine groups is 1. The maximum Gasteiger partial charge on any atom is 0.169 e. The first-order chi connectivity index (χ1) is 10.6. The molecule has 1 heterocycles. The van der Waals surface area contributed by atoms with E-state index in [2.05, 4.69) is 10.1 Å². The number of aliphatic hydroxyl groups is 2. The standard InChI is InChI=1S/C13H18N6O3/c14-8-5-9(15)12(22-4-3-21)6-10(8)18-11-7-17-19(1-2-20)13(11)16/h5-7,16,20-21H,1-4,14-15H2. The highest BCUT2D eigenvalue weighted by Gasteiger charge is 2.20. The fourth-order valence-corrected chi connectivity index (χ4v) is 1.83. The molecule has 9 heteroatoms. The van der Waals surface area contributed by atoms with Crippen LogP contribution in [0.3, 0.4) is 0 Å². The largest absolute Gasteiger partial charge is 0.489 e. The summed E-state index contributed by atoms with van der Waals surface area (Å²) in [4.78, 5) is 4.28. The third-order valence-corrected chi connectivity index (χ3v) is 2.88. The smallest absolute Gasteiger partial charge is 0.169 e. The van der Waals surface area contributed by atoms with Gasteiger partial charge in [-0.2, -0.15) is 5.10 Å². The Balaban J connectivity index is 2.27. The van der Waals surface area contributed by atoms with E-state index in [1.54, 1.807) is 6.07 Å². The molecular formula is C13H18N6O3. The van der Waals surface area contributed by atoms with Crippen molar-refractivity contribution in [1.29, 1.82) is 5.41 Å². The van der Waals surface area contributed by atoms with Gasteiger partial charge < -0.3 is 26.4 Å². The summed E-state index contributed by atoms with van der Waals surface area (Å²) in [6.45, 7) is 0.0688. The van der Waals surface area contributed by atoms with Gasteiger partial charge >= 0.3 is 0 Å². The Hall–Kier alpha value is -2.65. The van der Waals surface area contributed by atoms with E-state index in [1.807, 2.05) is 0 Å². The van der Waals surface area contributed by atoms with E-state index in [-0.39, 0.29) is 32.2 Å². The summed E-state index contributed by atoms with van der Waals surface area (Å²) in [5, 5.41) is 30.9. The van der Waals surface area contributed by atoms with Gasteiger partial charge in [0, 0.05) is 6.07 Å². The second kappa shape index (κ2) is 6.87.